The van der Waals surface area contributed by atoms with Crippen molar-refractivity contribution in [3.63, 3.8) is 0 Å². The molecule has 1 atom stereocenters. The number of rotatable bonds is 4. The van der Waals surface area contributed by atoms with Gasteiger partial charge in [-0.05, 0) is 30.0 Å². The van der Waals surface area contributed by atoms with Crippen LogP contribution in [0.3, 0.4) is 0 Å². The normalized spacial score (nSPS) is 18.9. The molecule has 3 rings (SSSR count). The van der Waals surface area contributed by atoms with Crippen LogP contribution in [-0.4, -0.2) is 26.9 Å². The summed E-state index contributed by atoms with van der Waals surface area (Å²) >= 11 is 1.08. The van der Waals surface area contributed by atoms with E-state index in [4.69, 9.17) is 0 Å². The number of amides is 1. The largest absolute Gasteiger partial charge is 0.308 e. The van der Waals surface area contributed by atoms with Crippen molar-refractivity contribution in [3.8, 4) is 0 Å². The Labute approximate surface area is 131 Å². The highest BCUT2D eigenvalue weighted by atomic mass is 32.2. The predicted octanol–water partition coefficient (Wildman–Crippen LogP) is 1.97. The zero-order chi connectivity index (χ0) is 15.7. The fourth-order valence-corrected chi connectivity index (χ4v) is 4.59. The minimum atomic E-state index is -3.72. The molecule has 1 aliphatic heterocycles. The van der Waals surface area contributed by atoms with E-state index < -0.39 is 27.8 Å². The van der Waals surface area contributed by atoms with E-state index in [0.717, 1.165) is 11.3 Å². The third kappa shape index (κ3) is 2.77. The minimum absolute atomic E-state index is 0.157. The van der Waals surface area contributed by atoms with E-state index in [1.54, 1.807) is 17.5 Å². The molecule has 0 saturated carbocycles. The number of anilines is 1. The van der Waals surface area contributed by atoms with E-state index in [1.165, 1.54) is 29.2 Å². The van der Waals surface area contributed by atoms with Gasteiger partial charge in [-0.2, -0.15) is 4.72 Å². The molecule has 22 heavy (non-hydrogen) atoms. The van der Waals surface area contributed by atoms with E-state index in [-0.39, 0.29) is 16.4 Å². The molecule has 0 radical (unpaired) electrons. The smallest absolute Gasteiger partial charge is 0.250 e. The molecule has 5 nitrogen and oxygen atoms in total. The first-order valence-corrected chi connectivity index (χ1v) is 8.97. The minimum Gasteiger partial charge on any atom is -0.308 e. The van der Waals surface area contributed by atoms with Crippen molar-refractivity contribution in [2.24, 2.45) is 0 Å². The molecule has 2 aromatic rings. The Morgan fingerprint density at radius 3 is 2.68 bits per heavy atom. The van der Waals surface area contributed by atoms with E-state index in [2.05, 4.69) is 4.72 Å². The first kappa shape index (κ1) is 15.1. The SMILES string of the molecule is O=C1C(NS(=O)(=O)c2cccs2)CCN1c1ccccc1F. The van der Waals surface area contributed by atoms with Gasteiger partial charge in [0.2, 0.25) is 5.91 Å². The molecule has 0 bridgehead atoms. The van der Waals surface area contributed by atoms with E-state index in [1.807, 2.05) is 0 Å². The number of hydrogen-bond donors (Lipinski definition) is 1. The summed E-state index contributed by atoms with van der Waals surface area (Å²) < 4.78 is 40.6. The molecule has 116 valence electrons. The number of halogens is 1. The fourth-order valence-electron chi connectivity index (χ4n) is 2.36. The van der Waals surface area contributed by atoms with Crippen molar-refractivity contribution in [1.29, 1.82) is 0 Å². The van der Waals surface area contributed by atoms with Crippen LogP contribution >= 0.6 is 11.3 Å². The Hall–Kier alpha value is -1.77. The monoisotopic (exact) mass is 340 g/mol. The Kier molecular flexibility index (Phi) is 3.98. The Bertz CT molecular complexity index is 790. The van der Waals surface area contributed by atoms with Gasteiger partial charge in [0, 0.05) is 6.54 Å². The van der Waals surface area contributed by atoms with Crippen molar-refractivity contribution in [3.05, 3.63) is 47.6 Å². The van der Waals surface area contributed by atoms with Gasteiger partial charge in [0.15, 0.2) is 0 Å². The van der Waals surface area contributed by atoms with Crippen molar-refractivity contribution in [2.45, 2.75) is 16.7 Å². The first-order valence-electron chi connectivity index (χ1n) is 6.61. The third-order valence-corrected chi connectivity index (χ3v) is 6.28. The Balaban J connectivity index is 1.79. The molecular formula is C14H13FN2O3S2. The second-order valence-corrected chi connectivity index (χ2v) is 7.72. The standard InChI is InChI=1S/C14H13FN2O3S2/c15-10-4-1-2-5-12(10)17-8-7-11(14(17)18)16-22(19,20)13-6-3-9-21-13/h1-6,9,11,16H,7-8H2. The number of carbonyl (C=O) groups is 1. The maximum Gasteiger partial charge on any atom is 0.250 e. The summed E-state index contributed by atoms with van der Waals surface area (Å²) in [6, 6.07) is 8.18. The molecule has 1 aromatic carbocycles. The molecule has 8 heteroatoms. The second-order valence-electron chi connectivity index (χ2n) is 4.84. The summed E-state index contributed by atoms with van der Waals surface area (Å²) in [6.45, 7) is 0.275. The van der Waals surface area contributed by atoms with Gasteiger partial charge >= 0.3 is 0 Å². The number of nitrogens with zero attached hydrogens (tertiary/aromatic N) is 1. The molecule has 2 heterocycles. The molecule has 1 saturated heterocycles. The summed E-state index contributed by atoms with van der Waals surface area (Å²) in [6.07, 6.45) is 0.303. The summed E-state index contributed by atoms with van der Waals surface area (Å²) in [5.74, 6) is -0.942. The third-order valence-electron chi connectivity index (χ3n) is 3.41. The maximum atomic E-state index is 13.8. The average molecular weight is 340 g/mol. The van der Waals surface area contributed by atoms with Crippen molar-refractivity contribution >= 4 is 33.0 Å². The van der Waals surface area contributed by atoms with E-state index >= 15 is 0 Å². The highest BCUT2D eigenvalue weighted by molar-refractivity contribution is 7.91. The molecule has 0 aliphatic carbocycles. The number of hydrogen-bond acceptors (Lipinski definition) is 4. The molecule has 1 aliphatic rings. The lowest BCUT2D eigenvalue weighted by Gasteiger charge is -2.17. The Morgan fingerprint density at radius 2 is 2.00 bits per heavy atom. The van der Waals surface area contributed by atoms with Crippen LogP contribution in [0.2, 0.25) is 0 Å². The lowest BCUT2D eigenvalue weighted by molar-refractivity contribution is -0.118. The van der Waals surface area contributed by atoms with Crippen molar-refractivity contribution < 1.29 is 17.6 Å². The van der Waals surface area contributed by atoms with Crippen molar-refractivity contribution in [2.75, 3.05) is 11.4 Å². The van der Waals surface area contributed by atoms with Crippen LogP contribution in [0.15, 0.2) is 46.0 Å². The highest BCUT2D eigenvalue weighted by Crippen LogP contribution is 2.25. The maximum absolute atomic E-state index is 13.8. The van der Waals surface area contributed by atoms with Gasteiger partial charge in [-0.25, -0.2) is 12.8 Å². The van der Waals surface area contributed by atoms with Crippen LogP contribution < -0.4 is 9.62 Å². The van der Waals surface area contributed by atoms with Gasteiger partial charge in [-0.3, -0.25) is 4.79 Å². The van der Waals surface area contributed by atoms with Crippen LogP contribution in [-0.2, 0) is 14.8 Å². The molecule has 1 aromatic heterocycles. The van der Waals surface area contributed by atoms with Gasteiger partial charge in [0.1, 0.15) is 16.1 Å². The molecule has 1 N–H and O–H groups in total. The summed E-state index contributed by atoms with van der Waals surface area (Å²) in [5.41, 5.74) is 0.172. The molecular weight excluding hydrogens is 327 g/mol. The van der Waals surface area contributed by atoms with E-state index in [9.17, 15) is 17.6 Å². The van der Waals surface area contributed by atoms with Gasteiger partial charge < -0.3 is 4.90 Å². The summed E-state index contributed by atoms with van der Waals surface area (Å²) in [4.78, 5) is 13.6. The molecule has 1 fully saturated rings. The number of para-hydroxylation sites is 1. The van der Waals surface area contributed by atoms with Gasteiger partial charge in [-0.15, -0.1) is 11.3 Å². The number of sulfonamides is 1. The highest BCUT2D eigenvalue weighted by Gasteiger charge is 2.36. The van der Waals surface area contributed by atoms with E-state index in [0.29, 0.717) is 6.42 Å². The van der Waals surface area contributed by atoms with Crippen molar-refractivity contribution in [1.82, 2.24) is 4.72 Å². The molecule has 0 spiro atoms. The molecule has 1 amide bonds. The first-order chi connectivity index (χ1) is 10.5. The van der Waals surface area contributed by atoms with Gasteiger partial charge in [-0.1, -0.05) is 18.2 Å². The lowest BCUT2D eigenvalue weighted by atomic mass is 10.2. The number of benzene rings is 1. The summed E-state index contributed by atoms with van der Waals surface area (Å²) in [5, 5.41) is 1.65. The zero-order valence-corrected chi connectivity index (χ0v) is 13.0. The van der Waals surface area contributed by atoms with Crippen LogP contribution in [0.5, 0.6) is 0 Å². The van der Waals surface area contributed by atoms with Crippen LogP contribution in [0.4, 0.5) is 10.1 Å². The quantitative estimate of drug-likeness (QED) is 0.925. The average Bonchev–Trinajstić information content (AvgIpc) is 3.12. The molecule has 1 unspecified atom stereocenters. The fraction of sp³-hybridized carbons (Fsp3) is 0.214. The van der Waals surface area contributed by atoms with Gasteiger partial charge in [0.05, 0.1) is 5.69 Å². The zero-order valence-electron chi connectivity index (χ0n) is 11.4. The van der Waals surface area contributed by atoms with Crippen LogP contribution in [0, 0.1) is 5.82 Å². The Morgan fingerprint density at radius 1 is 1.23 bits per heavy atom. The number of thiophene rings is 1. The van der Waals surface area contributed by atoms with Gasteiger partial charge in [0.25, 0.3) is 10.0 Å². The lowest BCUT2D eigenvalue weighted by Crippen LogP contribution is -2.41. The van der Waals surface area contributed by atoms with Crippen LogP contribution in [0.1, 0.15) is 6.42 Å². The topological polar surface area (TPSA) is 66.5 Å². The summed E-state index contributed by atoms with van der Waals surface area (Å²) in [7, 11) is -3.72. The number of nitrogens with one attached hydrogen (secondary N) is 1. The van der Waals surface area contributed by atoms with Crippen LogP contribution in [0.25, 0.3) is 0 Å². The predicted molar refractivity (Wildman–Crippen MR) is 81.8 cm³/mol. The second kappa shape index (κ2) is 5.79. The number of carbonyl (C=O) groups excluding carboxylic acids is 1.